The van der Waals surface area contributed by atoms with E-state index in [2.05, 4.69) is 4.72 Å². The summed E-state index contributed by atoms with van der Waals surface area (Å²) in [6, 6.07) is 2.92. The smallest absolute Gasteiger partial charge is 0.304 e. The summed E-state index contributed by atoms with van der Waals surface area (Å²) >= 11 is 0. The first-order valence-corrected chi connectivity index (χ1v) is 7.18. The van der Waals surface area contributed by atoms with Gasteiger partial charge in [-0.15, -0.1) is 0 Å². The van der Waals surface area contributed by atoms with Gasteiger partial charge in [-0.25, -0.2) is 0 Å². The lowest BCUT2D eigenvalue weighted by Crippen LogP contribution is -2.40. The number of rotatable bonds is 7. The Balaban J connectivity index is 2.65. The Kier molecular flexibility index (Phi) is 5.10. The van der Waals surface area contributed by atoms with Crippen LogP contribution in [0, 0.1) is 6.92 Å². The minimum atomic E-state index is -3.73. The molecular formula is C11H18N2O5S. The predicted octanol–water partition coefficient (Wildman–Crippen LogP) is 0.890. The Labute approximate surface area is 112 Å². The summed E-state index contributed by atoms with van der Waals surface area (Å²) in [6.45, 7) is 3.33. The highest BCUT2D eigenvalue weighted by Gasteiger charge is 2.22. The zero-order valence-corrected chi connectivity index (χ0v) is 11.9. The van der Waals surface area contributed by atoms with Crippen molar-refractivity contribution in [3.8, 4) is 0 Å². The van der Waals surface area contributed by atoms with Gasteiger partial charge in [-0.2, -0.15) is 17.4 Å². The fourth-order valence-corrected chi connectivity index (χ4v) is 2.51. The molecule has 0 radical (unpaired) electrons. The summed E-state index contributed by atoms with van der Waals surface area (Å²) in [5.41, 5.74) is 0. The Morgan fingerprint density at radius 3 is 2.63 bits per heavy atom. The SMILES string of the molecule is Cc1ccc(C(C)NS(=O)(=O)N(C)CCC(=O)O)o1. The summed E-state index contributed by atoms with van der Waals surface area (Å²) < 4.78 is 32.5. The van der Waals surface area contributed by atoms with Crippen LogP contribution in [0.5, 0.6) is 0 Å². The average molecular weight is 290 g/mol. The van der Waals surface area contributed by atoms with E-state index in [-0.39, 0.29) is 13.0 Å². The molecule has 108 valence electrons. The standard InChI is InChI=1S/C11H18N2O5S/c1-8-4-5-10(18-8)9(2)12-19(16,17)13(3)7-6-11(14)15/h4-5,9,12H,6-7H2,1-3H3,(H,14,15). The number of nitrogens with zero attached hydrogens (tertiary/aromatic N) is 1. The van der Waals surface area contributed by atoms with E-state index in [0.717, 1.165) is 4.31 Å². The van der Waals surface area contributed by atoms with Crippen molar-refractivity contribution in [3.63, 3.8) is 0 Å². The Morgan fingerprint density at radius 2 is 2.16 bits per heavy atom. The summed E-state index contributed by atoms with van der Waals surface area (Å²) in [5.74, 6) is 0.157. The number of carboxylic acids is 1. The fraction of sp³-hybridized carbons (Fsp3) is 0.545. The summed E-state index contributed by atoms with van der Waals surface area (Å²) in [6.07, 6.45) is -0.244. The van der Waals surface area contributed by atoms with Crippen LogP contribution in [-0.4, -0.2) is 37.4 Å². The molecule has 0 aromatic carbocycles. The van der Waals surface area contributed by atoms with E-state index in [4.69, 9.17) is 9.52 Å². The molecule has 0 saturated heterocycles. The number of aryl methyl sites for hydroxylation is 1. The van der Waals surface area contributed by atoms with Gasteiger partial charge in [0.15, 0.2) is 0 Å². The first-order valence-electron chi connectivity index (χ1n) is 5.74. The summed E-state index contributed by atoms with van der Waals surface area (Å²) in [5, 5.41) is 8.53. The molecule has 0 saturated carbocycles. The minimum Gasteiger partial charge on any atom is -0.481 e. The van der Waals surface area contributed by atoms with Gasteiger partial charge in [-0.05, 0) is 26.0 Å². The molecular weight excluding hydrogens is 272 g/mol. The lowest BCUT2D eigenvalue weighted by molar-refractivity contribution is -0.137. The molecule has 1 unspecified atom stereocenters. The van der Waals surface area contributed by atoms with E-state index in [0.29, 0.717) is 11.5 Å². The van der Waals surface area contributed by atoms with Gasteiger partial charge in [0.2, 0.25) is 0 Å². The molecule has 0 bridgehead atoms. The maximum absolute atomic E-state index is 11.9. The van der Waals surface area contributed by atoms with Crippen LogP contribution in [-0.2, 0) is 15.0 Å². The fourth-order valence-electron chi connectivity index (χ4n) is 1.43. The topological polar surface area (TPSA) is 99.9 Å². The second-order valence-corrected chi connectivity index (χ2v) is 6.07. The highest BCUT2D eigenvalue weighted by molar-refractivity contribution is 7.87. The normalized spacial score (nSPS) is 13.7. The number of carboxylic acid groups (broad SMARTS) is 1. The van der Waals surface area contributed by atoms with Gasteiger partial charge in [0, 0.05) is 13.6 Å². The van der Waals surface area contributed by atoms with Crippen LogP contribution in [0.4, 0.5) is 0 Å². The van der Waals surface area contributed by atoms with E-state index in [9.17, 15) is 13.2 Å². The van der Waals surface area contributed by atoms with Crippen molar-refractivity contribution in [2.75, 3.05) is 13.6 Å². The second kappa shape index (κ2) is 6.18. The molecule has 0 aliphatic rings. The molecule has 19 heavy (non-hydrogen) atoms. The molecule has 1 aromatic rings. The number of furan rings is 1. The number of hydrogen-bond acceptors (Lipinski definition) is 4. The Bertz CT molecular complexity index is 537. The van der Waals surface area contributed by atoms with Crippen molar-refractivity contribution in [2.45, 2.75) is 26.3 Å². The largest absolute Gasteiger partial charge is 0.481 e. The molecule has 0 aliphatic heterocycles. The van der Waals surface area contributed by atoms with Gasteiger partial charge in [0.1, 0.15) is 11.5 Å². The van der Waals surface area contributed by atoms with Crippen LogP contribution < -0.4 is 4.72 Å². The van der Waals surface area contributed by atoms with Crippen molar-refractivity contribution >= 4 is 16.2 Å². The van der Waals surface area contributed by atoms with Crippen LogP contribution in [0.1, 0.15) is 30.9 Å². The summed E-state index contributed by atoms with van der Waals surface area (Å²) in [4.78, 5) is 10.4. The molecule has 1 heterocycles. The van der Waals surface area contributed by atoms with Crippen LogP contribution in [0.3, 0.4) is 0 Å². The lowest BCUT2D eigenvalue weighted by Gasteiger charge is -2.19. The first-order chi connectivity index (χ1) is 8.72. The quantitative estimate of drug-likeness (QED) is 0.777. The highest BCUT2D eigenvalue weighted by Crippen LogP contribution is 2.16. The van der Waals surface area contributed by atoms with Gasteiger partial charge in [-0.3, -0.25) is 4.79 Å². The van der Waals surface area contributed by atoms with Gasteiger partial charge in [0.05, 0.1) is 12.5 Å². The molecule has 1 atom stereocenters. The lowest BCUT2D eigenvalue weighted by atomic mass is 10.3. The molecule has 0 amide bonds. The number of hydrogen-bond donors (Lipinski definition) is 2. The molecule has 2 N–H and O–H groups in total. The van der Waals surface area contributed by atoms with Crippen molar-refractivity contribution in [3.05, 3.63) is 23.7 Å². The zero-order chi connectivity index (χ0) is 14.6. The van der Waals surface area contributed by atoms with Crippen molar-refractivity contribution < 1.29 is 22.7 Å². The monoisotopic (exact) mass is 290 g/mol. The Hall–Kier alpha value is -1.38. The van der Waals surface area contributed by atoms with Crippen molar-refractivity contribution in [1.29, 1.82) is 0 Å². The third-order valence-corrected chi connectivity index (χ3v) is 4.22. The van der Waals surface area contributed by atoms with E-state index >= 15 is 0 Å². The van der Waals surface area contributed by atoms with Crippen LogP contribution in [0.2, 0.25) is 0 Å². The second-order valence-electron chi connectivity index (χ2n) is 4.26. The van der Waals surface area contributed by atoms with Crippen molar-refractivity contribution in [1.82, 2.24) is 9.03 Å². The minimum absolute atomic E-state index is 0.0887. The van der Waals surface area contributed by atoms with Crippen molar-refractivity contribution in [2.24, 2.45) is 0 Å². The van der Waals surface area contributed by atoms with E-state index in [1.165, 1.54) is 7.05 Å². The maximum atomic E-state index is 11.9. The molecule has 7 nitrogen and oxygen atoms in total. The van der Waals surface area contributed by atoms with Crippen LogP contribution in [0.15, 0.2) is 16.5 Å². The molecule has 1 aromatic heterocycles. The average Bonchev–Trinajstić information content (AvgIpc) is 2.72. The molecule has 1 rings (SSSR count). The molecule has 0 aliphatic carbocycles. The number of carbonyl (C=O) groups is 1. The third-order valence-electron chi connectivity index (χ3n) is 2.56. The van der Waals surface area contributed by atoms with Gasteiger partial charge >= 0.3 is 5.97 Å². The maximum Gasteiger partial charge on any atom is 0.304 e. The number of nitrogens with one attached hydrogen (secondary N) is 1. The van der Waals surface area contributed by atoms with E-state index in [1.54, 1.807) is 26.0 Å². The third kappa shape index (κ3) is 4.66. The molecule has 0 spiro atoms. The highest BCUT2D eigenvalue weighted by atomic mass is 32.2. The Morgan fingerprint density at radius 1 is 1.53 bits per heavy atom. The number of aliphatic carboxylic acids is 1. The van der Waals surface area contributed by atoms with E-state index in [1.807, 2.05) is 0 Å². The molecule has 8 heteroatoms. The van der Waals surface area contributed by atoms with Gasteiger partial charge in [0.25, 0.3) is 10.2 Å². The van der Waals surface area contributed by atoms with Crippen LogP contribution in [0.25, 0.3) is 0 Å². The van der Waals surface area contributed by atoms with Crippen LogP contribution >= 0.6 is 0 Å². The molecule has 0 fully saturated rings. The first kappa shape index (κ1) is 15.7. The van der Waals surface area contributed by atoms with Gasteiger partial charge in [-0.1, -0.05) is 0 Å². The summed E-state index contributed by atoms with van der Waals surface area (Å²) in [7, 11) is -2.41. The predicted molar refractivity (Wildman–Crippen MR) is 68.8 cm³/mol. The van der Waals surface area contributed by atoms with Gasteiger partial charge < -0.3 is 9.52 Å². The zero-order valence-electron chi connectivity index (χ0n) is 11.1. The van der Waals surface area contributed by atoms with E-state index < -0.39 is 22.2 Å².